The maximum Gasteiger partial charge on any atom is 0.223 e. The summed E-state index contributed by atoms with van der Waals surface area (Å²) < 4.78 is 5.33. The van der Waals surface area contributed by atoms with Crippen LogP contribution in [0.3, 0.4) is 0 Å². The molecule has 0 bridgehead atoms. The molecule has 0 fully saturated rings. The van der Waals surface area contributed by atoms with E-state index in [0.717, 1.165) is 12.0 Å². The highest BCUT2D eigenvalue weighted by atomic mass is 16.5. The van der Waals surface area contributed by atoms with Gasteiger partial charge in [-0.25, -0.2) is 0 Å². The molecule has 1 rings (SSSR count). The molecule has 1 atom stereocenters. The molecule has 0 aliphatic rings. The molecule has 1 unspecified atom stereocenters. The van der Waals surface area contributed by atoms with Crippen LogP contribution >= 0.6 is 0 Å². The van der Waals surface area contributed by atoms with Crippen LogP contribution < -0.4 is 15.0 Å². The Morgan fingerprint density at radius 1 is 1.36 bits per heavy atom. The summed E-state index contributed by atoms with van der Waals surface area (Å²) in [7, 11) is 1.57. The predicted octanol–water partition coefficient (Wildman–Crippen LogP) is 2.66. The van der Waals surface area contributed by atoms with E-state index in [1.807, 2.05) is 39.0 Å². The number of rotatable bonds is 7. The van der Waals surface area contributed by atoms with Crippen molar-refractivity contribution in [2.45, 2.75) is 46.6 Å². The van der Waals surface area contributed by atoms with Crippen LogP contribution in [0.25, 0.3) is 0 Å². The molecule has 0 aliphatic heterocycles. The molecule has 5 nitrogen and oxygen atoms in total. The Morgan fingerprint density at radius 3 is 2.59 bits per heavy atom. The van der Waals surface area contributed by atoms with Gasteiger partial charge in [-0.1, -0.05) is 13.0 Å². The SMILES string of the molecule is CCC(C)NC(=O)CCN(C(C)=O)c1cc(C)ccc1OC. The fourth-order valence-corrected chi connectivity index (χ4v) is 2.12. The number of amides is 2. The van der Waals surface area contributed by atoms with Gasteiger partial charge in [-0.2, -0.15) is 0 Å². The van der Waals surface area contributed by atoms with Gasteiger partial charge in [-0.3, -0.25) is 9.59 Å². The fraction of sp³-hybridized carbons (Fsp3) is 0.529. The molecule has 1 aromatic carbocycles. The smallest absolute Gasteiger partial charge is 0.223 e. The summed E-state index contributed by atoms with van der Waals surface area (Å²) in [6.45, 7) is 7.76. The molecule has 2 amide bonds. The lowest BCUT2D eigenvalue weighted by atomic mass is 10.1. The van der Waals surface area contributed by atoms with E-state index in [-0.39, 0.29) is 24.3 Å². The first-order chi connectivity index (χ1) is 10.4. The minimum atomic E-state index is -0.111. The van der Waals surface area contributed by atoms with E-state index in [2.05, 4.69) is 5.32 Å². The number of aryl methyl sites for hydroxylation is 1. The first kappa shape index (κ1) is 18.0. The van der Waals surface area contributed by atoms with E-state index in [1.54, 1.807) is 12.0 Å². The van der Waals surface area contributed by atoms with Gasteiger partial charge >= 0.3 is 0 Å². The van der Waals surface area contributed by atoms with Crippen LogP contribution in [-0.4, -0.2) is 31.5 Å². The predicted molar refractivity (Wildman–Crippen MR) is 88.3 cm³/mol. The van der Waals surface area contributed by atoms with E-state index < -0.39 is 0 Å². The Morgan fingerprint density at radius 2 is 2.05 bits per heavy atom. The fourth-order valence-electron chi connectivity index (χ4n) is 2.12. The monoisotopic (exact) mass is 306 g/mol. The summed E-state index contributed by atoms with van der Waals surface area (Å²) in [6, 6.07) is 5.80. The lowest BCUT2D eigenvalue weighted by molar-refractivity contribution is -0.121. The molecule has 0 saturated carbocycles. The zero-order valence-corrected chi connectivity index (χ0v) is 14.1. The Hall–Kier alpha value is -2.04. The number of carbonyl (C=O) groups is 2. The first-order valence-corrected chi connectivity index (χ1v) is 7.61. The lowest BCUT2D eigenvalue weighted by Gasteiger charge is -2.24. The Bertz CT molecular complexity index is 529. The first-order valence-electron chi connectivity index (χ1n) is 7.61. The number of hydrogen-bond acceptors (Lipinski definition) is 3. The summed E-state index contributed by atoms with van der Waals surface area (Å²) in [4.78, 5) is 25.5. The number of carbonyl (C=O) groups excluding carboxylic acids is 2. The van der Waals surface area contributed by atoms with Crippen molar-refractivity contribution in [3.8, 4) is 5.75 Å². The number of hydrogen-bond donors (Lipinski definition) is 1. The summed E-state index contributed by atoms with van der Waals surface area (Å²) in [5, 5.41) is 2.91. The molecule has 22 heavy (non-hydrogen) atoms. The molecular weight excluding hydrogens is 280 g/mol. The van der Waals surface area contributed by atoms with Crippen molar-refractivity contribution >= 4 is 17.5 Å². The average molecular weight is 306 g/mol. The quantitative estimate of drug-likeness (QED) is 0.842. The van der Waals surface area contributed by atoms with Gasteiger partial charge in [0, 0.05) is 25.9 Å². The van der Waals surface area contributed by atoms with Crippen molar-refractivity contribution in [2.75, 3.05) is 18.6 Å². The summed E-state index contributed by atoms with van der Waals surface area (Å²) in [6.07, 6.45) is 1.15. The Kier molecular flexibility index (Phi) is 6.89. The van der Waals surface area contributed by atoms with Crippen LogP contribution in [0.5, 0.6) is 5.75 Å². The van der Waals surface area contributed by atoms with Gasteiger partial charge in [0.15, 0.2) is 0 Å². The van der Waals surface area contributed by atoms with Crippen LogP contribution in [0, 0.1) is 6.92 Å². The number of benzene rings is 1. The average Bonchev–Trinajstić information content (AvgIpc) is 2.47. The number of nitrogens with zero attached hydrogens (tertiary/aromatic N) is 1. The van der Waals surface area contributed by atoms with E-state index in [9.17, 15) is 9.59 Å². The van der Waals surface area contributed by atoms with E-state index in [4.69, 9.17) is 4.74 Å². The second-order valence-corrected chi connectivity index (χ2v) is 5.47. The summed E-state index contributed by atoms with van der Waals surface area (Å²) in [5.41, 5.74) is 1.73. The van der Waals surface area contributed by atoms with Gasteiger partial charge in [-0.15, -0.1) is 0 Å². The second kappa shape index (κ2) is 8.41. The maximum atomic E-state index is 12.0. The number of ether oxygens (including phenoxy) is 1. The van der Waals surface area contributed by atoms with Crippen LogP contribution in [0.15, 0.2) is 18.2 Å². The molecule has 122 valence electrons. The zero-order chi connectivity index (χ0) is 16.7. The second-order valence-electron chi connectivity index (χ2n) is 5.47. The zero-order valence-electron chi connectivity index (χ0n) is 14.1. The van der Waals surface area contributed by atoms with Gasteiger partial charge < -0.3 is 15.0 Å². The van der Waals surface area contributed by atoms with Gasteiger partial charge in [-0.05, 0) is 38.0 Å². The normalized spacial score (nSPS) is 11.7. The maximum absolute atomic E-state index is 12.0. The third-order valence-corrected chi connectivity index (χ3v) is 3.59. The summed E-state index contributed by atoms with van der Waals surface area (Å²) >= 11 is 0. The van der Waals surface area contributed by atoms with Gasteiger partial charge in [0.2, 0.25) is 11.8 Å². The third kappa shape index (κ3) is 5.06. The molecule has 0 heterocycles. The van der Waals surface area contributed by atoms with Crippen molar-refractivity contribution in [1.29, 1.82) is 0 Å². The molecule has 0 radical (unpaired) electrons. The lowest BCUT2D eigenvalue weighted by Crippen LogP contribution is -2.37. The Balaban J connectivity index is 2.85. The molecular formula is C17H26N2O3. The van der Waals surface area contributed by atoms with Crippen molar-refractivity contribution in [3.63, 3.8) is 0 Å². The van der Waals surface area contributed by atoms with E-state index in [1.165, 1.54) is 6.92 Å². The molecule has 0 saturated heterocycles. The van der Waals surface area contributed by atoms with Crippen molar-refractivity contribution in [3.05, 3.63) is 23.8 Å². The highest BCUT2D eigenvalue weighted by Gasteiger charge is 2.18. The minimum absolute atomic E-state index is 0.0489. The third-order valence-electron chi connectivity index (χ3n) is 3.59. The van der Waals surface area contributed by atoms with Gasteiger partial charge in [0.1, 0.15) is 5.75 Å². The number of anilines is 1. The van der Waals surface area contributed by atoms with Gasteiger partial charge in [0.05, 0.1) is 12.8 Å². The van der Waals surface area contributed by atoms with Crippen LogP contribution in [0.2, 0.25) is 0 Å². The summed E-state index contributed by atoms with van der Waals surface area (Å²) in [5.74, 6) is 0.468. The van der Waals surface area contributed by atoms with Crippen LogP contribution in [0.1, 0.15) is 39.2 Å². The van der Waals surface area contributed by atoms with Crippen molar-refractivity contribution in [2.24, 2.45) is 0 Å². The minimum Gasteiger partial charge on any atom is -0.495 e. The van der Waals surface area contributed by atoms with Crippen molar-refractivity contribution < 1.29 is 14.3 Å². The van der Waals surface area contributed by atoms with Gasteiger partial charge in [0.25, 0.3) is 0 Å². The highest BCUT2D eigenvalue weighted by Crippen LogP contribution is 2.29. The molecule has 0 spiro atoms. The molecule has 0 aromatic heterocycles. The Labute approximate surface area is 132 Å². The molecule has 0 aliphatic carbocycles. The van der Waals surface area contributed by atoms with E-state index in [0.29, 0.717) is 18.0 Å². The highest BCUT2D eigenvalue weighted by molar-refractivity contribution is 5.94. The van der Waals surface area contributed by atoms with Crippen LogP contribution in [-0.2, 0) is 9.59 Å². The largest absolute Gasteiger partial charge is 0.495 e. The van der Waals surface area contributed by atoms with E-state index >= 15 is 0 Å². The van der Waals surface area contributed by atoms with Crippen molar-refractivity contribution in [1.82, 2.24) is 5.32 Å². The standard InChI is InChI=1S/C17H26N2O3/c1-6-13(3)18-17(21)9-10-19(14(4)20)15-11-12(2)7-8-16(15)22-5/h7-8,11,13H,6,9-10H2,1-5H3,(H,18,21). The molecule has 5 heteroatoms. The number of methoxy groups -OCH3 is 1. The van der Waals surface area contributed by atoms with Crippen LogP contribution in [0.4, 0.5) is 5.69 Å². The number of nitrogens with one attached hydrogen (secondary N) is 1. The molecule has 1 N–H and O–H groups in total. The topological polar surface area (TPSA) is 58.6 Å². The molecule has 1 aromatic rings.